The molecule has 5 heteroatoms. The molecule has 0 aromatic carbocycles. The molecule has 1 N–H and O–H groups in total. The zero-order valence-electron chi connectivity index (χ0n) is 8.15. The molecule has 0 saturated carbocycles. The van der Waals surface area contributed by atoms with Gasteiger partial charge in [0, 0.05) is 12.7 Å². The van der Waals surface area contributed by atoms with Crippen LogP contribution >= 0.6 is 0 Å². The Bertz CT molecular complexity index is 409. The molecule has 0 atom stereocenters. The van der Waals surface area contributed by atoms with E-state index in [0.717, 1.165) is 0 Å². The predicted molar refractivity (Wildman–Crippen MR) is 50.5 cm³/mol. The molecule has 1 heterocycles. The van der Waals surface area contributed by atoms with Crippen LogP contribution in [-0.4, -0.2) is 20.6 Å². The minimum atomic E-state index is -1.04. The number of rotatable bonds is 3. The fourth-order valence-electron chi connectivity index (χ4n) is 1.20. The average Bonchev–Trinajstić information content (AvgIpc) is 2.16. The Balaban J connectivity index is 3.40. The van der Waals surface area contributed by atoms with Crippen molar-refractivity contribution in [2.75, 3.05) is 0 Å². The minimum Gasteiger partial charge on any atom is -0.478 e. The summed E-state index contributed by atoms with van der Waals surface area (Å²) < 4.78 is 1.28. The molecular formula is C9H12N2O3. The Labute approximate surface area is 81.0 Å². The molecule has 1 aromatic heterocycles. The van der Waals surface area contributed by atoms with Crippen molar-refractivity contribution in [3.05, 3.63) is 27.9 Å². The molecule has 1 aromatic rings. The van der Waals surface area contributed by atoms with Gasteiger partial charge in [0.15, 0.2) is 0 Å². The van der Waals surface area contributed by atoms with Gasteiger partial charge in [-0.3, -0.25) is 4.57 Å². The molecule has 76 valence electrons. The summed E-state index contributed by atoms with van der Waals surface area (Å²) in [5.74, 6) is -1.04. The third-order valence-corrected chi connectivity index (χ3v) is 1.98. The van der Waals surface area contributed by atoms with Crippen LogP contribution in [0.1, 0.15) is 29.9 Å². The Kier molecular flexibility index (Phi) is 3.01. The standard InChI is InChI=1S/C9H12N2O3/c1-3-7-6(8(12)13)5-11(4-2)9(14)10-7/h5H,3-4H2,1-2H3,(H,12,13). The summed E-state index contributed by atoms with van der Waals surface area (Å²) in [6.45, 7) is 3.96. The van der Waals surface area contributed by atoms with Crippen LogP contribution in [0.5, 0.6) is 0 Å². The number of hydrogen-bond acceptors (Lipinski definition) is 3. The van der Waals surface area contributed by atoms with Crippen molar-refractivity contribution in [1.29, 1.82) is 0 Å². The van der Waals surface area contributed by atoms with E-state index in [4.69, 9.17) is 5.11 Å². The first kappa shape index (κ1) is 10.4. The second-order valence-corrected chi connectivity index (χ2v) is 2.83. The van der Waals surface area contributed by atoms with Gasteiger partial charge in [0.25, 0.3) is 0 Å². The van der Waals surface area contributed by atoms with E-state index in [1.54, 1.807) is 13.8 Å². The monoisotopic (exact) mass is 196 g/mol. The van der Waals surface area contributed by atoms with Gasteiger partial charge in [-0.2, -0.15) is 4.98 Å². The molecule has 5 nitrogen and oxygen atoms in total. The first-order chi connectivity index (χ1) is 6.60. The summed E-state index contributed by atoms with van der Waals surface area (Å²) in [6.07, 6.45) is 1.79. The lowest BCUT2D eigenvalue weighted by Gasteiger charge is -2.05. The molecule has 0 saturated heterocycles. The van der Waals surface area contributed by atoms with Crippen LogP contribution in [0.3, 0.4) is 0 Å². The number of nitrogens with zero attached hydrogens (tertiary/aromatic N) is 2. The van der Waals surface area contributed by atoms with Crippen LogP contribution < -0.4 is 5.69 Å². The van der Waals surface area contributed by atoms with Crippen LogP contribution in [0.15, 0.2) is 11.0 Å². The van der Waals surface area contributed by atoms with Crippen molar-refractivity contribution < 1.29 is 9.90 Å². The second kappa shape index (κ2) is 4.04. The Morgan fingerprint density at radius 1 is 1.57 bits per heavy atom. The van der Waals surface area contributed by atoms with Crippen molar-refractivity contribution in [2.24, 2.45) is 0 Å². The molecule has 0 amide bonds. The fraction of sp³-hybridized carbons (Fsp3) is 0.444. The highest BCUT2D eigenvalue weighted by Crippen LogP contribution is 2.03. The zero-order chi connectivity index (χ0) is 10.7. The Morgan fingerprint density at radius 3 is 2.64 bits per heavy atom. The van der Waals surface area contributed by atoms with E-state index in [9.17, 15) is 9.59 Å². The van der Waals surface area contributed by atoms with Gasteiger partial charge in [0.2, 0.25) is 0 Å². The van der Waals surface area contributed by atoms with Gasteiger partial charge >= 0.3 is 11.7 Å². The van der Waals surface area contributed by atoms with E-state index < -0.39 is 11.7 Å². The van der Waals surface area contributed by atoms with Crippen LogP contribution in [0.2, 0.25) is 0 Å². The summed E-state index contributed by atoms with van der Waals surface area (Å²) in [5, 5.41) is 8.85. The number of aryl methyl sites for hydroxylation is 2. The number of hydrogen-bond donors (Lipinski definition) is 1. The lowest BCUT2D eigenvalue weighted by atomic mass is 10.2. The minimum absolute atomic E-state index is 0.106. The highest BCUT2D eigenvalue weighted by molar-refractivity contribution is 5.88. The third-order valence-electron chi connectivity index (χ3n) is 1.98. The Morgan fingerprint density at radius 2 is 2.21 bits per heavy atom. The number of aromatic carboxylic acids is 1. The van der Waals surface area contributed by atoms with Crippen LogP contribution in [0, 0.1) is 0 Å². The third kappa shape index (κ3) is 1.81. The molecule has 0 bridgehead atoms. The van der Waals surface area contributed by atoms with Gasteiger partial charge in [-0.15, -0.1) is 0 Å². The van der Waals surface area contributed by atoms with Gasteiger partial charge in [-0.05, 0) is 13.3 Å². The molecule has 0 radical (unpaired) electrons. The van der Waals surface area contributed by atoms with E-state index in [-0.39, 0.29) is 5.56 Å². The summed E-state index contributed by atoms with van der Waals surface area (Å²) in [6, 6.07) is 0. The van der Waals surface area contributed by atoms with E-state index in [1.165, 1.54) is 10.8 Å². The highest BCUT2D eigenvalue weighted by atomic mass is 16.4. The summed E-state index contributed by atoms with van der Waals surface area (Å²) in [7, 11) is 0. The number of carbonyl (C=O) groups is 1. The summed E-state index contributed by atoms with van der Waals surface area (Å²) in [5.41, 5.74) is 0.0514. The lowest BCUT2D eigenvalue weighted by Crippen LogP contribution is -2.25. The van der Waals surface area contributed by atoms with Gasteiger partial charge < -0.3 is 5.11 Å². The maximum absolute atomic E-state index is 11.3. The van der Waals surface area contributed by atoms with Gasteiger partial charge in [0.1, 0.15) is 0 Å². The quantitative estimate of drug-likeness (QED) is 0.765. The molecule has 0 unspecified atom stereocenters. The topological polar surface area (TPSA) is 72.2 Å². The van der Waals surface area contributed by atoms with E-state index in [2.05, 4.69) is 4.98 Å². The van der Waals surface area contributed by atoms with Gasteiger partial charge in [-0.1, -0.05) is 6.92 Å². The summed E-state index contributed by atoms with van der Waals surface area (Å²) >= 11 is 0. The number of carboxylic acids is 1. The van der Waals surface area contributed by atoms with Gasteiger partial charge in [-0.25, -0.2) is 9.59 Å². The van der Waals surface area contributed by atoms with Crippen molar-refractivity contribution in [3.63, 3.8) is 0 Å². The second-order valence-electron chi connectivity index (χ2n) is 2.83. The molecular weight excluding hydrogens is 184 g/mol. The van der Waals surface area contributed by atoms with Crippen molar-refractivity contribution in [2.45, 2.75) is 26.8 Å². The van der Waals surface area contributed by atoms with Crippen molar-refractivity contribution >= 4 is 5.97 Å². The molecule has 0 aliphatic heterocycles. The average molecular weight is 196 g/mol. The van der Waals surface area contributed by atoms with Crippen molar-refractivity contribution in [1.82, 2.24) is 9.55 Å². The Hall–Kier alpha value is -1.65. The van der Waals surface area contributed by atoms with E-state index in [1.807, 2.05) is 0 Å². The molecule has 0 spiro atoms. The maximum atomic E-state index is 11.3. The highest BCUT2D eigenvalue weighted by Gasteiger charge is 2.12. The van der Waals surface area contributed by atoms with E-state index >= 15 is 0 Å². The smallest absolute Gasteiger partial charge is 0.347 e. The molecule has 0 fully saturated rings. The molecule has 14 heavy (non-hydrogen) atoms. The lowest BCUT2D eigenvalue weighted by molar-refractivity contribution is 0.0694. The SMILES string of the molecule is CCc1nc(=O)n(CC)cc1C(=O)O. The van der Waals surface area contributed by atoms with E-state index in [0.29, 0.717) is 18.7 Å². The maximum Gasteiger partial charge on any atom is 0.347 e. The predicted octanol–water partition coefficient (Wildman–Crippen LogP) is 0.524. The molecule has 0 aliphatic rings. The molecule has 1 rings (SSSR count). The van der Waals surface area contributed by atoms with Gasteiger partial charge in [0.05, 0.1) is 11.3 Å². The van der Waals surface area contributed by atoms with Crippen LogP contribution in [0.4, 0.5) is 0 Å². The normalized spacial score (nSPS) is 10.1. The fourth-order valence-corrected chi connectivity index (χ4v) is 1.20. The molecule has 0 aliphatic carbocycles. The van der Waals surface area contributed by atoms with Crippen LogP contribution in [-0.2, 0) is 13.0 Å². The largest absolute Gasteiger partial charge is 0.478 e. The summed E-state index contributed by atoms with van der Waals surface area (Å²) in [4.78, 5) is 25.8. The first-order valence-corrected chi connectivity index (χ1v) is 4.43. The zero-order valence-corrected chi connectivity index (χ0v) is 8.15. The van der Waals surface area contributed by atoms with Crippen molar-refractivity contribution in [3.8, 4) is 0 Å². The van der Waals surface area contributed by atoms with Crippen LogP contribution in [0.25, 0.3) is 0 Å². The number of aromatic nitrogens is 2. The number of carboxylic acid groups (broad SMARTS) is 1. The first-order valence-electron chi connectivity index (χ1n) is 4.43.